The van der Waals surface area contributed by atoms with E-state index in [9.17, 15) is 4.39 Å². The van der Waals surface area contributed by atoms with E-state index in [2.05, 4.69) is 6.92 Å². The third-order valence-corrected chi connectivity index (χ3v) is 2.91. The van der Waals surface area contributed by atoms with Crippen molar-refractivity contribution >= 4 is 0 Å². The van der Waals surface area contributed by atoms with E-state index in [0.29, 0.717) is 16.9 Å². The molecule has 0 saturated heterocycles. The normalized spacial score (nSPS) is 9.95. The molecule has 0 aliphatic heterocycles. The average Bonchev–Trinajstić information content (AvgIpc) is 2.46. The molecule has 96 valence electrons. The third-order valence-electron chi connectivity index (χ3n) is 2.91. The van der Waals surface area contributed by atoms with E-state index in [1.54, 1.807) is 0 Å². The lowest BCUT2D eigenvalue weighted by atomic mass is 10.1. The summed E-state index contributed by atoms with van der Waals surface area (Å²) in [7, 11) is 0. The fourth-order valence-corrected chi connectivity index (χ4v) is 1.77. The van der Waals surface area contributed by atoms with Gasteiger partial charge < -0.3 is 4.74 Å². The van der Waals surface area contributed by atoms with Gasteiger partial charge in [-0.05, 0) is 42.3 Å². The highest BCUT2D eigenvalue weighted by molar-refractivity contribution is 5.38. The lowest BCUT2D eigenvalue weighted by Gasteiger charge is -2.08. The predicted molar refractivity (Wildman–Crippen MR) is 71.3 cm³/mol. The van der Waals surface area contributed by atoms with Crippen molar-refractivity contribution < 1.29 is 9.13 Å². The predicted octanol–water partition coefficient (Wildman–Crippen LogP) is 3.84. The van der Waals surface area contributed by atoms with Crippen LogP contribution in [0.1, 0.15) is 23.6 Å². The summed E-state index contributed by atoms with van der Waals surface area (Å²) in [6.07, 6.45) is 0.975. The molecule has 0 fully saturated rings. The van der Waals surface area contributed by atoms with Crippen molar-refractivity contribution in [3.05, 3.63) is 65.0 Å². The van der Waals surface area contributed by atoms with Crippen LogP contribution in [-0.4, -0.2) is 0 Å². The van der Waals surface area contributed by atoms with Gasteiger partial charge in [-0.3, -0.25) is 0 Å². The summed E-state index contributed by atoms with van der Waals surface area (Å²) in [4.78, 5) is 0. The van der Waals surface area contributed by atoms with E-state index in [-0.39, 0.29) is 12.4 Å². The van der Waals surface area contributed by atoms with E-state index in [4.69, 9.17) is 10.00 Å². The lowest BCUT2D eigenvalue weighted by Crippen LogP contribution is -1.99. The van der Waals surface area contributed by atoms with Crippen LogP contribution in [0, 0.1) is 17.1 Å². The molecular weight excluding hydrogens is 241 g/mol. The van der Waals surface area contributed by atoms with Crippen LogP contribution in [0.5, 0.6) is 5.75 Å². The van der Waals surface area contributed by atoms with Gasteiger partial charge in [-0.2, -0.15) is 5.26 Å². The molecule has 0 bridgehead atoms. The second kappa shape index (κ2) is 6.01. The molecule has 0 aliphatic rings. The first kappa shape index (κ1) is 13.1. The van der Waals surface area contributed by atoms with Crippen LogP contribution in [0.3, 0.4) is 0 Å². The number of rotatable bonds is 4. The molecule has 0 heterocycles. The molecule has 0 amide bonds. The maximum atomic E-state index is 13.1. The monoisotopic (exact) mass is 255 g/mol. The molecule has 0 aromatic heterocycles. The summed E-state index contributed by atoms with van der Waals surface area (Å²) in [5, 5.41) is 8.95. The van der Waals surface area contributed by atoms with Crippen molar-refractivity contribution in [2.24, 2.45) is 0 Å². The van der Waals surface area contributed by atoms with E-state index < -0.39 is 0 Å². The van der Waals surface area contributed by atoms with E-state index >= 15 is 0 Å². The zero-order valence-electron chi connectivity index (χ0n) is 10.7. The molecule has 2 nitrogen and oxygen atoms in total. The SMILES string of the molecule is CCc1ccc(OCc2cc(F)ccc2C#N)cc1. The van der Waals surface area contributed by atoms with Gasteiger partial charge in [0.25, 0.3) is 0 Å². The van der Waals surface area contributed by atoms with E-state index in [1.165, 1.54) is 23.8 Å². The summed E-state index contributed by atoms with van der Waals surface area (Å²) in [6.45, 7) is 2.27. The number of halogens is 1. The Morgan fingerprint density at radius 2 is 1.89 bits per heavy atom. The maximum absolute atomic E-state index is 13.1. The Morgan fingerprint density at radius 1 is 1.16 bits per heavy atom. The van der Waals surface area contributed by atoms with Crippen molar-refractivity contribution in [3.63, 3.8) is 0 Å². The van der Waals surface area contributed by atoms with E-state index in [0.717, 1.165) is 6.42 Å². The Hall–Kier alpha value is -2.34. The number of hydrogen-bond acceptors (Lipinski definition) is 2. The summed E-state index contributed by atoms with van der Waals surface area (Å²) < 4.78 is 18.7. The molecular formula is C16H14FNO. The minimum atomic E-state index is -0.362. The summed E-state index contributed by atoms with van der Waals surface area (Å²) >= 11 is 0. The van der Waals surface area contributed by atoms with E-state index in [1.807, 2.05) is 30.3 Å². The van der Waals surface area contributed by atoms with Gasteiger partial charge in [0.05, 0.1) is 11.6 Å². The molecule has 0 saturated carbocycles. The maximum Gasteiger partial charge on any atom is 0.123 e. The highest BCUT2D eigenvalue weighted by atomic mass is 19.1. The first-order valence-electron chi connectivity index (χ1n) is 6.13. The molecule has 0 radical (unpaired) electrons. The average molecular weight is 255 g/mol. The Bertz CT molecular complexity index is 599. The van der Waals surface area contributed by atoms with Gasteiger partial charge >= 0.3 is 0 Å². The highest BCUT2D eigenvalue weighted by Crippen LogP contribution is 2.17. The molecule has 0 N–H and O–H groups in total. The van der Waals surface area contributed by atoms with Crippen molar-refractivity contribution in [1.82, 2.24) is 0 Å². The van der Waals surface area contributed by atoms with Crippen LogP contribution in [0.2, 0.25) is 0 Å². The first-order chi connectivity index (χ1) is 9.22. The molecule has 0 unspecified atom stereocenters. The van der Waals surface area contributed by atoms with Gasteiger partial charge in [-0.1, -0.05) is 19.1 Å². The number of ether oxygens (including phenoxy) is 1. The highest BCUT2D eigenvalue weighted by Gasteiger charge is 2.05. The van der Waals surface area contributed by atoms with Crippen LogP contribution in [0.4, 0.5) is 4.39 Å². The minimum absolute atomic E-state index is 0.187. The van der Waals surface area contributed by atoms with Gasteiger partial charge in [-0.15, -0.1) is 0 Å². The standard InChI is InChI=1S/C16H14FNO/c1-2-12-3-7-16(8-4-12)19-11-14-9-15(17)6-5-13(14)10-18/h3-9H,2,11H2,1H3. The van der Waals surface area contributed by atoms with Crippen LogP contribution in [0.15, 0.2) is 42.5 Å². The number of aryl methyl sites for hydroxylation is 1. The number of hydrogen-bond donors (Lipinski definition) is 0. The molecule has 3 heteroatoms. The molecule has 19 heavy (non-hydrogen) atoms. The van der Waals surface area contributed by atoms with Crippen molar-refractivity contribution in [3.8, 4) is 11.8 Å². The van der Waals surface area contributed by atoms with Crippen molar-refractivity contribution in [1.29, 1.82) is 5.26 Å². The summed E-state index contributed by atoms with van der Waals surface area (Å²) in [6, 6.07) is 13.8. The Balaban J connectivity index is 2.09. The third kappa shape index (κ3) is 3.32. The largest absolute Gasteiger partial charge is 0.489 e. The summed E-state index contributed by atoms with van der Waals surface area (Å²) in [5.41, 5.74) is 2.23. The van der Waals surface area contributed by atoms with Gasteiger partial charge in [0.15, 0.2) is 0 Å². The van der Waals surface area contributed by atoms with Crippen LogP contribution in [0.25, 0.3) is 0 Å². The molecule has 2 rings (SSSR count). The molecule has 2 aromatic rings. The quantitative estimate of drug-likeness (QED) is 0.831. The molecule has 2 aromatic carbocycles. The Kier molecular flexibility index (Phi) is 4.15. The zero-order chi connectivity index (χ0) is 13.7. The molecule has 0 atom stereocenters. The van der Waals surface area contributed by atoms with Crippen LogP contribution < -0.4 is 4.74 Å². The van der Waals surface area contributed by atoms with Crippen LogP contribution in [-0.2, 0) is 13.0 Å². The van der Waals surface area contributed by atoms with Crippen molar-refractivity contribution in [2.45, 2.75) is 20.0 Å². The Morgan fingerprint density at radius 3 is 2.53 bits per heavy atom. The number of benzene rings is 2. The van der Waals surface area contributed by atoms with Gasteiger partial charge in [0, 0.05) is 5.56 Å². The minimum Gasteiger partial charge on any atom is -0.489 e. The van der Waals surface area contributed by atoms with Crippen molar-refractivity contribution in [2.75, 3.05) is 0 Å². The van der Waals surface area contributed by atoms with Gasteiger partial charge in [0.1, 0.15) is 18.2 Å². The molecule has 0 aliphatic carbocycles. The summed E-state index contributed by atoms with van der Waals surface area (Å²) in [5.74, 6) is 0.351. The molecule has 0 spiro atoms. The van der Waals surface area contributed by atoms with Crippen LogP contribution >= 0.6 is 0 Å². The topological polar surface area (TPSA) is 33.0 Å². The second-order valence-electron chi connectivity index (χ2n) is 4.20. The number of nitriles is 1. The second-order valence-corrected chi connectivity index (χ2v) is 4.20. The smallest absolute Gasteiger partial charge is 0.123 e. The van der Waals surface area contributed by atoms with Gasteiger partial charge in [0.2, 0.25) is 0 Å². The Labute approximate surface area is 112 Å². The zero-order valence-corrected chi connectivity index (χ0v) is 10.7. The fourth-order valence-electron chi connectivity index (χ4n) is 1.77. The lowest BCUT2D eigenvalue weighted by molar-refractivity contribution is 0.305. The fraction of sp³-hybridized carbons (Fsp3) is 0.188. The number of nitrogens with zero attached hydrogens (tertiary/aromatic N) is 1. The van der Waals surface area contributed by atoms with Gasteiger partial charge in [-0.25, -0.2) is 4.39 Å². The first-order valence-corrected chi connectivity index (χ1v) is 6.13.